The van der Waals surface area contributed by atoms with E-state index in [0.717, 1.165) is 12.2 Å². The zero-order valence-corrected chi connectivity index (χ0v) is 11.6. The standard InChI is InChI=1S/C15H22N2O/c1-12(2)13-7-9-14(10-8-13)16-15(18)6-5-11-17(3)4/h5-10,12H,11H2,1-4H3,(H,16,18)/b6-5+. The van der Waals surface area contributed by atoms with E-state index in [9.17, 15) is 4.79 Å². The van der Waals surface area contributed by atoms with Crippen LogP contribution in [-0.2, 0) is 4.79 Å². The summed E-state index contributed by atoms with van der Waals surface area (Å²) in [6.07, 6.45) is 3.41. The van der Waals surface area contributed by atoms with Gasteiger partial charge in [-0.3, -0.25) is 4.79 Å². The maximum absolute atomic E-state index is 11.6. The Balaban J connectivity index is 2.52. The third kappa shape index (κ3) is 5.15. The molecule has 0 saturated heterocycles. The van der Waals surface area contributed by atoms with Gasteiger partial charge in [0.2, 0.25) is 5.91 Å². The molecule has 0 aliphatic rings. The first-order chi connectivity index (χ1) is 8.49. The molecule has 0 heterocycles. The van der Waals surface area contributed by atoms with Gasteiger partial charge in [0.25, 0.3) is 0 Å². The Kier molecular flexibility index (Phi) is 5.59. The number of carbonyl (C=O) groups is 1. The van der Waals surface area contributed by atoms with Crippen molar-refractivity contribution in [3.05, 3.63) is 42.0 Å². The number of rotatable bonds is 5. The van der Waals surface area contributed by atoms with Gasteiger partial charge in [0.1, 0.15) is 0 Å². The Hall–Kier alpha value is -1.61. The van der Waals surface area contributed by atoms with Crippen molar-refractivity contribution in [3.63, 3.8) is 0 Å². The lowest BCUT2D eigenvalue weighted by molar-refractivity contribution is -0.111. The van der Waals surface area contributed by atoms with E-state index in [-0.39, 0.29) is 5.91 Å². The predicted molar refractivity (Wildman–Crippen MR) is 76.9 cm³/mol. The van der Waals surface area contributed by atoms with Crippen LogP contribution in [0.1, 0.15) is 25.3 Å². The number of anilines is 1. The average molecular weight is 246 g/mol. The van der Waals surface area contributed by atoms with Gasteiger partial charge >= 0.3 is 0 Å². The zero-order valence-electron chi connectivity index (χ0n) is 11.6. The lowest BCUT2D eigenvalue weighted by Crippen LogP contribution is -2.12. The molecule has 3 heteroatoms. The highest BCUT2D eigenvalue weighted by molar-refractivity contribution is 5.99. The molecule has 1 N–H and O–H groups in total. The molecule has 0 aliphatic carbocycles. The van der Waals surface area contributed by atoms with Crippen molar-refractivity contribution in [2.45, 2.75) is 19.8 Å². The Bertz CT molecular complexity index is 405. The minimum Gasteiger partial charge on any atom is -0.323 e. The topological polar surface area (TPSA) is 32.3 Å². The van der Waals surface area contributed by atoms with E-state index in [1.807, 2.05) is 49.3 Å². The van der Waals surface area contributed by atoms with Crippen molar-refractivity contribution in [2.24, 2.45) is 0 Å². The SMILES string of the molecule is CC(C)c1ccc(NC(=O)/C=C/CN(C)C)cc1. The van der Waals surface area contributed by atoms with Gasteiger partial charge in [0.15, 0.2) is 0 Å². The number of amides is 1. The third-order valence-corrected chi connectivity index (χ3v) is 2.58. The summed E-state index contributed by atoms with van der Waals surface area (Å²) >= 11 is 0. The number of nitrogens with one attached hydrogen (secondary N) is 1. The highest BCUT2D eigenvalue weighted by Gasteiger charge is 2.00. The summed E-state index contributed by atoms with van der Waals surface area (Å²) in [6.45, 7) is 5.06. The average Bonchev–Trinajstić information content (AvgIpc) is 2.29. The second-order valence-electron chi connectivity index (χ2n) is 4.93. The second-order valence-corrected chi connectivity index (χ2v) is 4.93. The molecular weight excluding hydrogens is 224 g/mol. The van der Waals surface area contributed by atoms with Crippen LogP contribution in [0.25, 0.3) is 0 Å². The van der Waals surface area contributed by atoms with E-state index in [4.69, 9.17) is 0 Å². The fourth-order valence-electron chi connectivity index (χ4n) is 1.51. The molecule has 0 atom stereocenters. The first kappa shape index (κ1) is 14.5. The monoisotopic (exact) mass is 246 g/mol. The van der Waals surface area contributed by atoms with Crippen LogP contribution in [0.2, 0.25) is 0 Å². The lowest BCUT2D eigenvalue weighted by atomic mass is 10.0. The summed E-state index contributed by atoms with van der Waals surface area (Å²) in [5.74, 6) is 0.420. The van der Waals surface area contributed by atoms with Gasteiger partial charge in [0.05, 0.1) is 0 Å². The molecule has 3 nitrogen and oxygen atoms in total. The van der Waals surface area contributed by atoms with E-state index in [2.05, 4.69) is 19.2 Å². The summed E-state index contributed by atoms with van der Waals surface area (Å²) in [5.41, 5.74) is 2.11. The number of nitrogens with zero attached hydrogens (tertiary/aromatic N) is 1. The smallest absolute Gasteiger partial charge is 0.248 e. The zero-order chi connectivity index (χ0) is 13.5. The molecule has 0 aliphatic heterocycles. The summed E-state index contributed by atoms with van der Waals surface area (Å²) in [4.78, 5) is 13.6. The predicted octanol–water partition coefficient (Wildman–Crippen LogP) is 2.87. The lowest BCUT2D eigenvalue weighted by Gasteiger charge is -2.07. The molecule has 98 valence electrons. The molecule has 18 heavy (non-hydrogen) atoms. The van der Waals surface area contributed by atoms with Crippen LogP contribution >= 0.6 is 0 Å². The van der Waals surface area contributed by atoms with Gasteiger partial charge in [0, 0.05) is 18.3 Å². The van der Waals surface area contributed by atoms with Gasteiger partial charge in [-0.15, -0.1) is 0 Å². The molecule has 0 fully saturated rings. The van der Waals surface area contributed by atoms with Crippen LogP contribution in [0, 0.1) is 0 Å². The minimum absolute atomic E-state index is 0.0888. The molecule has 0 bridgehead atoms. The highest BCUT2D eigenvalue weighted by Crippen LogP contribution is 2.16. The Morgan fingerprint density at radius 2 is 1.89 bits per heavy atom. The molecule has 1 rings (SSSR count). The summed E-state index contributed by atoms with van der Waals surface area (Å²) in [5, 5.41) is 2.84. The highest BCUT2D eigenvalue weighted by atomic mass is 16.1. The van der Waals surface area contributed by atoms with Crippen LogP contribution in [0.4, 0.5) is 5.69 Å². The molecule has 0 unspecified atom stereocenters. The van der Waals surface area contributed by atoms with Gasteiger partial charge < -0.3 is 10.2 Å². The van der Waals surface area contributed by atoms with E-state index in [1.165, 1.54) is 5.56 Å². The minimum atomic E-state index is -0.0888. The number of carbonyl (C=O) groups excluding carboxylic acids is 1. The quantitative estimate of drug-likeness (QED) is 0.810. The van der Waals surface area contributed by atoms with Crippen molar-refractivity contribution in [1.82, 2.24) is 4.90 Å². The van der Waals surface area contributed by atoms with Crippen molar-refractivity contribution < 1.29 is 4.79 Å². The van der Waals surface area contributed by atoms with E-state index in [0.29, 0.717) is 5.92 Å². The van der Waals surface area contributed by atoms with E-state index in [1.54, 1.807) is 6.08 Å². The van der Waals surface area contributed by atoms with Crippen LogP contribution in [0.15, 0.2) is 36.4 Å². The van der Waals surface area contributed by atoms with Crippen LogP contribution < -0.4 is 5.32 Å². The van der Waals surface area contributed by atoms with E-state index >= 15 is 0 Å². The summed E-state index contributed by atoms with van der Waals surface area (Å²) in [7, 11) is 3.93. The third-order valence-electron chi connectivity index (χ3n) is 2.58. The van der Waals surface area contributed by atoms with Gasteiger partial charge in [-0.25, -0.2) is 0 Å². The number of hydrogen-bond acceptors (Lipinski definition) is 2. The summed E-state index contributed by atoms with van der Waals surface area (Å²) in [6, 6.07) is 7.97. The molecule has 0 spiro atoms. The molecule has 1 aromatic rings. The fourth-order valence-corrected chi connectivity index (χ4v) is 1.51. The first-order valence-corrected chi connectivity index (χ1v) is 6.21. The van der Waals surface area contributed by atoms with Crippen molar-refractivity contribution >= 4 is 11.6 Å². The van der Waals surface area contributed by atoms with Crippen molar-refractivity contribution in [1.29, 1.82) is 0 Å². The van der Waals surface area contributed by atoms with Crippen LogP contribution in [0.5, 0.6) is 0 Å². The molecule has 0 radical (unpaired) electrons. The maximum atomic E-state index is 11.6. The molecular formula is C15H22N2O. The molecule has 1 aromatic carbocycles. The Labute approximate surface area is 109 Å². The van der Waals surface area contributed by atoms with E-state index < -0.39 is 0 Å². The van der Waals surface area contributed by atoms with Crippen LogP contribution in [0.3, 0.4) is 0 Å². The van der Waals surface area contributed by atoms with Crippen molar-refractivity contribution in [3.8, 4) is 0 Å². The summed E-state index contributed by atoms with van der Waals surface area (Å²) < 4.78 is 0. The Morgan fingerprint density at radius 1 is 1.28 bits per heavy atom. The van der Waals surface area contributed by atoms with Crippen LogP contribution in [-0.4, -0.2) is 31.4 Å². The van der Waals surface area contributed by atoms with Gasteiger partial charge in [-0.05, 0) is 37.7 Å². The number of hydrogen-bond donors (Lipinski definition) is 1. The molecule has 1 amide bonds. The van der Waals surface area contributed by atoms with Crippen molar-refractivity contribution in [2.75, 3.05) is 26.0 Å². The van der Waals surface area contributed by atoms with Gasteiger partial charge in [-0.1, -0.05) is 32.1 Å². The number of benzene rings is 1. The Morgan fingerprint density at radius 3 is 2.39 bits per heavy atom. The normalized spacial score (nSPS) is 11.4. The number of likely N-dealkylation sites (N-methyl/N-ethyl adjacent to an activating group) is 1. The molecule has 0 aromatic heterocycles. The maximum Gasteiger partial charge on any atom is 0.248 e. The first-order valence-electron chi connectivity index (χ1n) is 6.21. The van der Waals surface area contributed by atoms with Gasteiger partial charge in [-0.2, -0.15) is 0 Å². The molecule has 0 saturated carbocycles. The fraction of sp³-hybridized carbons (Fsp3) is 0.400. The largest absolute Gasteiger partial charge is 0.323 e. The second kappa shape index (κ2) is 6.97.